The molecule has 0 aromatic heterocycles. The van der Waals surface area contributed by atoms with Gasteiger partial charge >= 0.3 is 5.97 Å². The first-order chi connectivity index (χ1) is 14.9. The number of esters is 1. The van der Waals surface area contributed by atoms with Crippen molar-refractivity contribution in [3.8, 4) is 0 Å². The van der Waals surface area contributed by atoms with Gasteiger partial charge in [-0.05, 0) is 55.0 Å². The number of amides is 1. The first-order valence-electron chi connectivity index (χ1n) is 10.6. The van der Waals surface area contributed by atoms with Crippen LogP contribution in [0.25, 0.3) is 0 Å². The quantitative estimate of drug-likeness (QED) is 0.665. The van der Waals surface area contributed by atoms with Crippen LogP contribution in [0.4, 0.5) is 0 Å². The Hall–Kier alpha value is -2.71. The lowest BCUT2D eigenvalue weighted by molar-refractivity contribution is -0.135. The maximum Gasteiger partial charge on any atom is 0.338 e. The van der Waals surface area contributed by atoms with E-state index in [0.29, 0.717) is 32.6 Å². The number of benzene rings is 2. The summed E-state index contributed by atoms with van der Waals surface area (Å²) in [5, 5.41) is 0. The maximum atomic E-state index is 13.2. The molecular formula is C23H26N2O5S. The minimum atomic E-state index is -3.76. The molecule has 7 nitrogen and oxygen atoms in total. The zero-order valence-electron chi connectivity index (χ0n) is 17.3. The second kappa shape index (κ2) is 9.20. The maximum absolute atomic E-state index is 13.2. The van der Waals surface area contributed by atoms with E-state index in [2.05, 4.69) is 0 Å². The van der Waals surface area contributed by atoms with Crippen LogP contribution in [0.3, 0.4) is 0 Å². The number of carbonyl (C=O) groups excluding carboxylic acids is 2. The van der Waals surface area contributed by atoms with Crippen molar-refractivity contribution in [2.24, 2.45) is 0 Å². The lowest BCUT2D eigenvalue weighted by atomic mass is 10.0. The van der Waals surface area contributed by atoms with Gasteiger partial charge in [0.05, 0.1) is 10.5 Å². The van der Waals surface area contributed by atoms with Crippen molar-refractivity contribution in [1.29, 1.82) is 0 Å². The fourth-order valence-electron chi connectivity index (χ4n) is 4.05. The van der Waals surface area contributed by atoms with Crippen LogP contribution in [0.1, 0.15) is 40.7 Å². The van der Waals surface area contributed by atoms with Crippen molar-refractivity contribution in [1.82, 2.24) is 9.21 Å². The molecule has 1 saturated heterocycles. The van der Waals surface area contributed by atoms with Crippen LogP contribution in [0.2, 0.25) is 0 Å². The molecule has 0 spiro atoms. The van der Waals surface area contributed by atoms with Gasteiger partial charge in [0, 0.05) is 26.2 Å². The Morgan fingerprint density at radius 1 is 0.903 bits per heavy atom. The number of ether oxygens (including phenoxy) is 1. The lowest BCUT2D eigenvalue weighted by Crippen LogP contribution is -2.38. The summed E-state index contributed by atoms with van der Waals surface area (Å²) in [4.78, 5) is 26.4. The van der Waals surface area contributed by atoms with Gasteiger partial charge in [0.25, 0.3) is 5.91 Å². The molecular weight excluding hydrogens is 416 g/mol. The predicted molar refractivity (Wildman–Crippen MR) is 115 cm³/mol. The molecule has 0 N–H and O–H groups in total. The van der Waals surface area contributed by atoms with Crippen LogP contribution in [0, 0.1) is 0 Å². The molecule has 0 aliphatic carbocycles. The van der Waals surface area contributed by atoms with Crippen LogP contribution in [-0.2, 0) is 32.5 Å². The number of carbonyl (C=O) groups is 2. The second-order valence-corrected chi connectivity index (χ2v) is 9.84. The Kier molecular flexibility index (Phi) is 6.38. The van der Waals surface area contributed by atoms with E-state index in [-0.39, 0.29) is 23.0 Å². The summed E-state index contributed by atoms with van der Waals surface area (Å²) < 4.78 is 32.9. The SMILES string of the molecule is O=C(OCC(=O)N1CCCCC1)c1cccc(S(=O)(=O)N2CCc3ccccc3C2)c1. The summed E-state index contributed by atoms with van der Waals surface area (Å²) in [6.45, 7) is 1.72. The van der Waals surface area contributed by atoms with E-state index in [1.165, 1.54) is 28.6 Å². The Bertz CT molecular complexity index is 1080. The highest BCUT2D eigenvalue weighted by atomic mass is 32.2. The number of fused-ring (bicyclic) bond motifs is 1. The molecule has 8 heteroatoms. The minimum Gasteiger partial charge on any atom is -0.452 e. The van der Waals surface area contributed by atoms with Crippen molar-refractivity contribution in [3.05, 3.63) is 65.2 Å². The van der Waals surface area contributed by atoms with Crippen molar-refractivity contribution in [2.75, 3.05) is 26.2 Å². The van der Waals surface area contributed by atoms with Crippen molar-refractivity contribution >= 4 is 21.9 Å². The highest BCUT2D eigenvalue weighted by molar-refractivity contribution is 7.89. The van der Waals surface area contributed by atoms with E-state index < -0.39 is 16.0 Å². The van der Waals surface area contributed by atoms with E-state index in [1.807, 2.05) is 24.3 Å². The third-order valence-electron chi connectivity index (χ3n) is 5.84. The molecule has 1 amide bonds. The Labute approximate surface area is 182 Å². The molecule has 2 aromatic rings. The van der Waals surface area contributed by atoms with Gasteiger partial charge in [-0.2, -0.15) is 4.31 Å². The van der Waals surface area contributed by atoms with E-state index in [4.69, 9.17) is 4.74 Å². The van der Waals surface area contributed by atoms with Gasteiger partial charge in [-0.3, -0.25) is 4.79 Å². The molecule has 0 radical (unpaired) electrons. The Morgan fingerprint density at radius 2 is 1.65 bits per heavy atom. The van der Waals surface area contributed by atoms with E-state index in [1.54, 1.807) is 4.90 Å². The van der Waals surface area contributed by atoms with Gasteiger partial charge < -0.3 is 9.64 Å². The highest BCUT2D eigenvalue weighted by Gasteiger charge is 2.29. The monoisotopic (exact) mass is 442 g/mol. The number of rotatable bonds is 5. The third kappa shape index (κ3) is 4.80. The fraction of sp³-hybridized carbons (Fsp3) is 0.391. The van der Waals surface area contributed by atoms with Crippen LogP contribution in [-0.4, -0.2) is 55.7 Å². The number of nitrogens with zero attached hydrogens (tertiary/aromatic N) is 2. The number of hydrogen-bond donors (Lipinski definition) is 0. The molecule has 31 heavy (non-hydrogen) atoms. The predicted octanol–water partition coefficient (Wildman–Crippen LogP) is 2.60. The Morgan fingerprint density at radius 3 is 2.42 bits per heavy atom. The van der Waals surface area contributed by atoms with Gasteiger partial charge in [-0.25, -0.2) is 13.2 Å². The van der Waals surface area contributed by atoms with E-state index in [0.717, 1.165) is 30.4 Å². The molecule has 2 aromatic carbocycles. The van der Waals surface area contributed by atoms with Crippen LogP contribution < -0.4 is 0 Å². The van der Waals surface area contributed by atoms with Crippen LogP contribution in [0.15, 0.2) is 53.4 Å². The molecule has 0 atom stereocenters. The molecule has 2 aliphatic rings. The standard InChI is InChI=1S/C23H26N2O5S/c26-22(24-12-4-1-5-13-24)17-30-23(27)19-9-6-10-21(15-19)31(28,29)25-14-11-18-7-2-3-8-20(18)16-25/h2-3,6-10,15H,1,4-5,11-14,16-17H2. The molecule has 0 bridgehead atoms. The zero-order chi connectivity index (χ0) is 21.8. The zero-order valence-corrected chi connectivity index (χ0v) is 18.1. The van der Waals surface area contributed by atoms with Crippen molar-refractivity contribution in [2.45, 2.75) is 37.1 Å². The van der Waals surface area contributed by atoms with Gasteiger partial charge in [0.2, 0.25) is 10.0 Å². The molecule has 0 saturated carbocycles. The number of likely N-dealkylation sites (tertiary alicyclic amines) is 1. The number of sulfonamides is 1. The van der Waals surface area contributed by atoms with Crippen LogP contribution >= 0.6 is 0 Å². The second-order valence-electron chi connectivity index (χ2n) is 7.90. The largest absolute Gasteiger partial charge is 0.452 e. The summed E-state index contributed by atoms with van der Waals surface area (Å²) in [6, 6.07) is 13.6. The highest BCUT2D eigenvalue weighted by Crippen LogP contribution is 2.25. The van der Waals surface area contributed by atoms with Gasteiger partial charge in [-0.1, -0.05) is 30.3 Å². The smallest absolute Gasteiger partial charge is 0.338 e. The first kappa shape index (κ1) is 21.5. The topological polar surface area (TPSA) is 84.0 Å². The summed E-state index contributed by atoms with van der Waals surface area (Å²) in [6.07, 6.45) is 3.67. The first-order valence-corrected chi connectivity index (χ1v) is 12.0. The van der Waals surface area contributed by atoms with Gasteiger partial charge in [0.1, 0.15) is 0 Å². The summed E-state index contributed by atoms with van der Waals surface area (Å²) in [5.74, 6) is -0.921. The van der Waals surface area contributed by atoms with Crippen molar-refractivity contribution < 1.29 is 22.7 Å². The van der Waals surface area contributed by atoms with Crippen LogP contribution in [0.5, 0.6) is 0 Å². The van der Waals surface area contributed by atoms with Crippen molar-refractivity contribution in [3.63, 3.8) is 0 Å². The summed E-state index contributed by atoms with van der Waals surface area (Å²) >= 11 is 0. The Balaban J connectivity index is 1.43. The lowest BCUT2D eigenvalue weighted by Gasteiger charge is -2.28. The molecule has 4 rings (SSSR count). The average Bonchev–Trinajstić information content (AvgIpc) is 2.82. The average molecular weight is 443 g/mol. The molecule has 2 heterocycles. The summed E-state index contributed by atoms with van der Waals surface area (Å²) in [7, 11) is -3.76. The normalized spacial score (nSPS) is 17.1. The third-order valence-corrected chi connectivity index (χ3v) is 7.68. The number of piperidine rings is 1. The molecule has 1 fully saturated rings. The van der Waals surface area contributed by atoms with E-state index >= 15 is 0 Å². The minimum absolute atomic E-state index is 0.0451. The van der Waals surface area contributed by atoms with Gasteiger partial charge in [-0.15, -0.1) is 0 Å². The molecule has 0 unspecified atom stereocenters. The van der Waals surface area contributed by atoms with E-state index in [9.17, 15) is 18.0 Å². The summed E-state index contributed by atoms with van der Waals surface area (Å²) in [5.41, 5.74) is 2.26. The fourth-order valence-corrected chi connectivity index (χ4v) is 5.52. The number of hydrogen-bond acceptors (Lipinski definition) is 5. The molecule has 2 aliphatic heterocycles. The molecule has 164 valence electrons. The van der Waals surface area contributed by atoms with Gasteiger partial charge in [0.15, 0.2) is 6.61 Å².